The third-order valence-electron chi connectivity index (χ3n) is 2.40. The number of aliphatic carboxylic acids is 1. The van der Waals surface area contributed by atoms with Crippen LogP contribution in [0.2, 0.25) is 0 Å². The summed E-state index contributed by atoms with van der Waals surface area (Å²) in [5.74, 6) is -1.75. The predicted molar refractivity (Wildman–Crippen MR) is 61.6 cm³/mol. The van der Waals surface area contributed by atoms with E-state index in [0.29, 0.717) is 0 Å². The number of pyridine rings is 1. The van der Waals surface area contributed by atoms with Gasteiger partial charge in [0.25, 0.3) is 5.56 Å². The highest BCUT2D eigenvalue weighted by Crippen LogP contribution is 2.02. The lowest BCUT2D eigenvalue weighted by Crippen LogP contribution is -2.32. The van der Waals surface area contributed by atoms with Gasteiger partial charge < -0.3 is 9.67 Å². The predicted octanol–water partition coefficient (Wildman–Crippen LogP) is -0.264. The number of carbonyl (C=O) groups is 1. The van der Waals surface area contributed by atoms with Crippen LogP contribution in [0.5, 0.6) is 0 Å². The lowest BCUT2D eigenvalue weighted by atomic mass is 10.5. The molecule has 0 fully saturated rings. The molecule has 0 aliphatic rings. The van der Waals surface area contributed by atoms with E-state index in [1.807, 2.05) is 0 Å². The summed E-state index contributed by atoms with van der Waals surface area (Å²) < 4.78 is 24.3. The monoisotopic (exact) mass is 259 g/mol. The van der Waals surface area contributed by atoms with E-state index in [9.17, 15) is 18.0 Å². The van der Waals surface area contributed by atoms with E-state index in [-0.39, 0.29) is 17.9 Å². The Balaban J connectivity index is 2.79. The number of hydrogen-bond acceptors (Lipinski definition) is 4. The summed E-state index contributed by atoms with van der Waals surface area (Å²) in [7, 11) is -3.73. The highest BCUT2D eigenvalue weighted by atomic mass is 32.2. The molecule has 1 aromatic heterocycles. The molecule has 0 aliphatic carbocycles. The van der Waals surface area contributed by atoms with Crippen molar-refractivity contribution in [2.75, 3.05) is 5.75 Å². The highest BCUT2D eigenvalue weighted by Gasteiger charge is 2.27. The van der Waals surface area contributed by atoms with Gasteiger partial charge in [-0.3, -0.25) is 9.59 Å². The molecule has 6 nitrogen and oxygen atoms in total. The molecular formula is C10H13NO5S. The molecule has 0 saturated carbocycles. The van der Waals surface area contributed by atoms with Gasteiger partial charge in [-0.1, -0.05) is 6.07 Å². The maximum Gasteiger partial charge on any atom is 0.321 e. The fourth-order valence-corrected chi connectivity index (χ4v) is 2.31. The Labute approximate surface area is 98.4 Å². The molecule has 17 heavy (non-hydrogen) atoms. The number of rotatable bonds is 5. The first-order valence-electron chi connectivity index (χ1n) is 4.94. The minimum atomic E-state index is -3.73. The molecule has 0 aromatic carbocycles. The number of aromatic nitrogens is 1. The summed E-state index contributed by atoms with van der Waals surface area (Å²) in [5.41, 5.74) is -0.314. The molecule has 94 valence electrons. The number of nitrogens with zero attached hydrogens (tertiary/aromatic N) is 1. The van der Waals surface area contributed by atoms with Crippen molar-refractivity contribution in [3.63, 3.8) is 0 Å². The molecule has 0 aliphatic heterocycles. The zero-order chi connectivity index (χ0) is 13.1. The molecule has 7 heteroatoms. The number of carboxylic acid groups (broad SMARTS) is 1. The highest BCUT2D eigenvalue weighted by molar-refractivity contribution is 7.92. The van der Waals surface area contributed by atoms with E-state index in [2.05, 4.69) is 0 Å². The van der Waals surface area contributed by atoms with Crippen molar-refractivity contribution in [2.24, 2.45) is 0 Å². The molecule has 1 rings (SSSR count). The standard InChI is InChI=1S/C10H13NO5S/c1-8(10(13)14)17(15,16)7-6-11-5-3-2-4-9(11)12/h2-5,8H,6-7H2,1H3,(H,13,14). The number of sulfone groups is 1. The normalized spacial score (nSPS) is 13.2. The van der Waals surface area contributed by atoms with Crippen molar-refractivity contribution in [3.05, 3.63) is 34.7 Å². The van der Waals surface area contributed by atoms with Crippen LogP contribution in [-0.4, -0.2) is 35.1 Å². The van der Waals surface area contributed by atoms with Gasteiger partial charge in [-0.2, -0.15) is 0 Å². The van der Waals surface area contributed by atoms with E-state index >= 15 is 0 Å². The van der Waals surface area contributed by atoms with Crippen molar-refractivity contribution >= 4 is 15.8 Å². The van der Waals surface area contributed by atoms with Crippen molar-refractivity contribution in [1.29, 1.82) is 0 Å². The van der Waals surface area contributed by atoms with Gasteiger partial charge in [-0.05, 0) is 13.0 Å². The first-order valence-corrected chi connectivity index (χ1v) is 6.66. The molecule has 0 amide bonds. The van der Waals surface area contributed by atoms with Crippen LogP contribution in [0, 0.1) is 0 Å². The molecule has 0 radical (unpaired) electrons. The van der Waals surface area contributed by atoms with E-state index in [1.54, 1.807) is 12.1 Å². The molecule has 1 heterocycles. The lowest BCUT2D eigenvalue weighted by Gasteiger charge is -2.09. The summed E-state index contributed by atoms with van der Waals surface area (Å²) in [6.45, 7) is 1.07. The molecule has 1 N–H and O–H groups in total. The average Bonchev–Trinajstić information content (AvgIpc) is 2.27. The SMILES string of the molecule is CC(C(=O)O)S(=O)(=O)CCn1ccccc1=O. The van der Waals surface area contributed by atoms with Crippen LogP contribution >= 0.6 is 0 Å². The number of hydrogen-bond donors (Lipinski definition) is 1. The van der Waals surface area contributed by atoms with Gasteiger partial charge in [0, 0.05) is 18.8 Å². The van der Waals surface area contributed by atoms with Gasteiger partial charge in [0.1, 0.15) is 0 Å². The quantitative estimate of drug-likeness (QED) is 0.786. The number of aryl methyl sites for hydroxylation is 1. The van der Waals surface area contributed by atoms with Gasteiger partial charge in [-0.15, -0.1) is 0 Å². The van der Waals surface area contributed by atoms with Crippen molar-refractivity contribution in [2.45, 2.75) is 18.7 Å². The molecule has 1 atom stereocenters. The minimum absolute atomic E-state index is 0.0420. The maximum absolute atomic E-state index is 11.6. The fourth-order valence-electron chi connectivity index (χ4n) is 1.20. The Kier molecular flexibility index (Phi) is 4.06. The summed E-state index contributed by atoms with van der Waals surface area (Å²) >= 11 is 0. The Morgan fingerprint density at radius 2 is 2.12 bits per heavy atom. The van der Waals surface area contributed by atoms with Crippen molar-refractivity contribution < 1.29 is 18.3 Å². The Bertz CT molecular complexity index is 560. The van der Waals surface area contributed by atoms with Crippen LogP contribution in [0.4, 0.5) is 0 Å². The van der Waals surface area contributed by atoms with E-state index < -0.39 is 21.1 Å². The topological polar surface area (TPSA) is 93.4 Å². The summed E-state index contributed by atoms with van der Waals surface area (Å²) in [5, 5.41) is 7.17. The first kappa shape index (κ1) is 13.4. The second-order valence-corrected chi connectivity index (χ2v) is 6.02. The van der Waals surface area contributed by atoms with Gasteiger partial charge in [0.05, 0.1) is 5.75 Å². The Morgan fingerprint density at radius 1 is 1.47 bits per heavy atom. The number of carboxylic acids is 1. The van der Waals surface area contributed by atoms with Crippen LogP contribution in [0.1, 0.15) is 6.92 Å². The van der Waals surface area contributed by atoms with Gasteiger partial charge in [0.15, 0.2) is 15.1 Å². The molecule has 0 saturated heterocycles. The Hall–Kier alpha value is -1.63. The van der Waals surface area contributed by atoms with Gasteiger partial charge in [-0.25, -0.2) is 8.42 Å². The average molecular weight is 259 g/mol. The molecule has 1 unspecified atom stereocenters. The molecular weight excluding hydrogens is 246 g/mol. The second-order valence-electron chi connectivity index (χ2n) is 3.58. The smallest absolute Gasteiger partial charge is 0.321 e. The first-order chi connectivity index (χ1) is 7.84. The van der Waals surface area contributed by atoms with Crippen LogP contribution in [0.3, 0.4) is 0 Å². The maximum atomic E-state index is 11.6. The van der Waals surface area contributed by atoms with Crippen LogP contribution < -0.4 is 5.56 Å². The Morgan fingerprint density at radius 3 is 2.65 bits per heavy atom. The summed E-state index contributed by atoms with van der Waals surface area (Å²) in [6.07, 6.45) is 1.46. The summed E-state index contributed by atoms with van der Waals surface area (Å²) in [4.78, 5) is 21.9. The minimum Gasteiger partial charge on any atom is -0.480 e. The zero-order valence-electron chi connectivity index (χ0n) is 9.24. The summed E-state index contributed by atoms with van der Waals surface area (Å²) in [6, 6.07) is 4.47. The third kappa shape index (κ3) is 3.42. The molecule has 0 spiro atoms. The van der Waals surface area contributed by atoms with Crippen molar-refractivity contribution in [3.8, 4) is 0 Å². The molecule has 1 aromatic rings. The van der Waals surface area contributed by atoms with Crippen molar-refractivity contribution in [1.82, 2.24) is 4.57 Å². The zero-order valence-corrected chi connectivity index (χ0v) is 10.1. The van der Waals surface area contributed by atoms with E-state index in [1.165, 1.54) is 16.8 Å². The van der Waals surface area contributed by atoms with E-state index in [0.717, 1.165) is 6.92 Å². The second kappa shape index (κ2) is 5.13. The van der Waals surface area contributed by atoms with E-state index in [4.69, 9.17) is 5.11 Å². The van der Waals surface area contributed by atoms with Crippen LogP contribution in [0.25, 0.3) is 0 Å². The van der Waals surface area contributed by atoms with Gasteiger partial charge >= 0.3 is 5.97 Å². The van der Waals surface area contributed by atoms with Crippen LogP contribution in [0.15, 0.2) is 29.2 Å². The fraction of sp³-hybridized carbons (Fsp3) is 0.400. The van der Waals surface area contributed by atoms with Gasteiger partial charge in [0.2, 0.25) is 0 Å². The third-order valence-corrected chi connectivity index (χ3v) is 4.43. The molecule has 0 bridgehead atoms. The largest absolute Gasteiger partial charge is 0.480 e. The van der Waals surface area contributed by atoms with Crippen LogP contribution in [-0.2, 0) is 21.2 Å². The lowest BCUT2D eigenvalue weighted by molar-refractivity contribution is -0.136.